The van der Waals surface area contributed by atoms with E-state index in [9.17, 15) is 31.1 Å². The number of amides is 1. The first-order valence-corrected chi connectivity index (χ1v) is 12.4. The molecule has 2 aromatic carbocycles. The van der Waals surface area contributed by atoms with E-state index in [-0.39, 0.29) is 16.0 Å². The Morgan fingerprint density at radius 2 is 1.62 bits per heavy atom. The molecule has 8 nitrogen and oxygen atoms in total. The molecule has 1 amide bonds. The first-order valence-electron chi connectivity index (χ1n) is 11.6. The number of carbonyl (C=O) groups is 1. The molecular formula is C24H24F6N4O4S. The highest BCUT2D eigenvalue weighted by Gasteiger charge is 2.39. The molecular weight excluding hydrogens is 554 g/mol. The lowest BCUT2D eigenvalue weighted by molar-refractivity contribution is -0.274. The van der Waals surface area contributed by atoms with E-state index in [0.29, 0.717) is 61.1 Å². The van der Waals surface area contributed by atoms with Crippen molar-refractivity contribution in [3.8, 4) is 17.2 Å². The van der Waals surface area contributed by atoms with Crippen LogP contribution in [0.15, 0.2) is 41.4 Å². The Balaban J connectivity index is 1.51. The fraction of sp³-hybridized carbons (Fsp3) is 0.417. The van der Waals surface area contributed by atoms with Gasteiger partial charge in [-0.05, 0) is 30.3 Å². The third-order valence-corrected chi connectivity index (χ3v) is 7.11. The van der Waals surface area contributed by atoms with Gasteiger partial charge in [0.15, 0.2) is 16.3 Å². The number of halogens is 6. The van der Waals surface area contributed by atoms with Gasteiger partial charge in [-0.2, -0.15) is 18.2 Å². The normalized spacial score (nSPS) is 15.6. The van der Waals surface area contributed by atoms with Crippen molar-refractivity contribution in [1.29, 1.82) is 0 Å². The number of benzene rings is 2. The van der Waals surface area contributed by atoms with Crippen LogP contribution in [-0.4, -0.2) is 74.9 Å². The van der Waals surface area contributed by atoms with Crippen LogP contribution in [0, 0.1) is 0 Å². The number of thiazole rings is 1. The molecule has 0 N–H and O–H groups in total. The fourth-order valence-corrected chi connectivity index (χ4v) is 5.28. The number of rotatable bonds is 7. The van der Waals surface area contributed by atoms with Gasteiger partial charge in [-0.15, -0.1) is 13.2 Å². The van der Waals surface area contributed by atoms with Gasteiger partial charge in [-0.3, -0.25) is 9.69 Å². The van der Waals surface area contributed by atoms with Gasteiger partial charge >= 0.3 is 18.4 Å². The summed E-state index contributed by atoms with van der Waals surface area (Å²) in [6.45, 7) is 3.22. The summed E-state index contributed by atoms with van der Waals surface area (Å²) in [5.74, 6) is -1.60. The van der Waals surface area contributed by atoms with Gasteiger partial charge in [0.25, 0.3) is 0 Å². The Kier molecular flexibility index (Phi) is 8.30. The molecule has 0 aliphatic carbocycles. The number of methoxy groups -OCH3 is 2. The quantitative estimate of drug-likeness (QED) is 0.387. The molecule has 0 unspecified atom stereocenters. The zero-order valence-electron chi connectivity index (χ0n) is 20.8. The van der Waals surface area contributed by atoms with E-state index in [2.05, 4.69) is 19.5 Å². The maximum absolute atomic E-state index is 12.9. The van der Waals surface area contributed by atoms with Crippen LogP contribution in [0.2, 0.25) is 0 Å². The number of anilines is 1. The molecule has 39 heavy (non-hydrogen) atoms. The molecule has 1 aliphatic rings. The Morgan fingerprint density at radius 1 is 0.923 bits per heavy atom. The minimum atomic E-state index is -5.18. The van der Waals surface area contributed by atoms with Crippen molar-refractivity contribution in [3.63, 3.8) is 0 Å². The average molecular weight is 579 g/mol. The van der Waals surface area contributed by atoms with E-state index >= 15 is 0 Å². The smallest absolute Gasteiger partial charge is 0.493 e. The van der Waals surface area contributed by atoms with Crippen molar-refractivity contribution < 1.29 is 45.3 Å². The van der Waals surface area contributed by atoms with E-state index in [0.717, 1.165) is 17.8 Å². The van der Waals surface area contributed by atoms with Crippen molar-refractivity contribution in [3.05, 3.63) is 41.2 Å². The van der Waals surface area contributed by atoms with Crippen molar-refractivity contribution >= 4 is 33.1 Å². The maximum atomic E-state index is 12.9. The van der Waals surface area contributed by atoms with Gasteiger partial charge in [-0.25, -0.2) is 0 Å². The van der Waals surface area contributed by atoms with Gasteiger partial charge in [0, 0.05) is 51.0 Å². The van der Waals surface area contributed by atoms with Crippen LogP contribution in [0.3, 0.4) is 0 Å². The van der Waals surface area contributed by atoms with Crippen LogP contribution < -0.4 is 23.9 Å². The zero-order valence-corrected chi connectivity index (χ0v) is 21.6. The van der Waals surface area contributed by atoms with Gasteiger partial charge in [-0.1, -0.05) is 11.3 Å². The number of fused-ring (bicyclic) bond motifs is 1. The molecule has 0 radical (unpaired) electrons. The molecule has 1 saturated heterocycles. The standard InChI is InChI=1S/C24H24F6N4O4S/c1-36-18-6-3-15(13-19(18)37-2)33-10-7-32(8-11-33)9-12-34-17-5-4-16(38-24(28,29)30)14-20(17)39-22(34)31-21(35)23(25,26)27/h3-6,13-14H,7-12H2,1-2H3. The Bertz CT molecular complexity index is 1390. The van der Waals surface area contributed by atoms with E-state index < -0.39 is 24.2 Å². The molecule has 3 aromatic rings. The summed E-state index contributed by atoms with van der Waals surface area (Å²) in [5.41, 5.74) is 1.29. The first-order chi connectivity index (χ1) is 18.4. The largest absolute Gasteiger partial charge is 0.573 e. The van der Waals surface area contributed by atoms with Gasteiger partial charge in [0.05, 0.1) is 24.4 Å². The molecule has 1 fully saturated rings. The second-order valence-electron chi connectivity index (χ2n) is 8.50. The van der Waals surface area contributed by atoms with Crippen molar-refractivity contribution in [1.82, 2.24) is 9.47 Å². The molecule has 0 spiro atoms. The van der Waals surface area contributed by atoms with E-state index in [4.69, 9.17) is 9.47 Å². The topological polar surface area (TPSA) is 68.5 Å². The molecule has 2 heterocycles. The summed E-state index contributed by atoms with van der Waals surface area (Å²) < 4.78 is 92.7. The first kappa shape index (κ1) is 28.5. The van der Waals surface area contributed by atoms with Crippen LogP contribution >= 0.6 is 11.3 Å². The highest BCUT2D eigenvalue weighted by atomic mass is 32.1. The van der Waals surface area contributed by atoms with Gasteiger partial charge < -0.3 is 23.7 Å². The number of aromatic nitrogens is 1. The number of piperazine rings is 1. The number of carbonyl (C=O) groups excluding carboxylic acids is 1. The number of alkyl halides is 6. The summed E-state index contributed by atoms with van der Waals surface area (Å²) in [5, 5.41) is 0. The van der Waals surface area contributed by atoms with Crippen molar-refractivity contribution in [2.45, 2.75) is 19.1 Å². The predicted molar refractivity (Wildman–Crippen MR) is 131 cm³/mol. The summed E-state index contributed by atoms with van der Waals surface area (Å²) in [6, 6.07) is 9.05. The fourth-order valence-electron chi connectivity index (χ4n) is 4.20. The molecule has 1 aliphatic heterocycles. The highest BCUT2D eigenvalue weighted by Crippen LogP contribution is 2.32. The highest BCUT2D eigenvalue weighted by molar-refractivity contribution is 7.16. The maximum Gasteiger partial charge on any atom is 0.573 e. The van der Waals surface area contributed by atoms with Crippen LogP contribution in [0.5, 0.6) is 17.2 Å². The molecule has 212 valence electrons. The minimum Gasteiger partial charge on any atom is -0.493 e. The minimum absolute atomic E-state index is 0.166. The summed E-state index contributed by atoms with van der Waals surface area (Å²) in [6.07, 6.45) is -10.1. The lowest BCUT2D eigenvalue weighted by Gasteiger charge is -2.36. The third kappa shape index (κ3) is 6.95. The summed E-state index contributed by atoms with van der Waals surface area (Å²) in [7, 11) is 3.11. The molecule has 0 atom stereocenters. The predicted octanol–water partition coefficient (Wildman–Crippen LogP) is 4.43. The second-order valence-corrected chi connectivity index (χ2v) is 9.51. The van der Waals surface area contributed by atoms with Gasteiger partial charge in [0.1, 0.15) is 5.75 Å². The van der Waals surface area contributed by atoms with Crippen molar-refractivity contribution in [2.24, 2.45) is 4.99 Å². The van der Waals surface area contributed by atoms with Crippen LogP contribution in [-0.2, 0) is 11.3 Å². The number of hydrogen-bond acceptors (Lipinski definition) is 7. The zero-order chi connectivity index (χ0) is 28.4. The lowest BCUT2D eigenvalue weighted by atomic mass is 10.2. The van der Waals surface area contributed by atoms with E-state index in [1.54, 1.807) is 14.2 Å². The Morgan fingerprint density at radius 3 is 2.23 bits per heavy atom. The Labute approximate surface area is 222 Å². The number of nitrogens with zero attached hydrogens (tertiary/aromatic N) is 4. The molecule has 0 saturated carbocycles. The molecule has 4 rings (SSSR count). The van der Waals surface area contributed by atoms with E-state index in [1.165, 1.54) is 10.6 Å². The third-order valence-electron chi connectivity index (χ3n) is 6.07. The second kappa shape index (κ2) is 11.3. The number of ether oxygens (including phenoxy) is 3. The molecule has 1 aromatic heterocycles. The Hall–Kier alpha value is -3.46. The van der Waals surface area contributed by atoms with Crippen molar-refractivity contribution in [2.75, 3.05) is 51.8 Å². The van der Waals surface area contributed by atoms with Crippen LogP contribution in [0.4, 0.5) is 32.0 Å². The lowest BCUT2D eigenvalue weighted by Crippen LogP contribution is -2.47. The summed E-state index contributed by atoms with van der Waals surface area (Å²) >= 11 is 0.678. The monoisotopic (exact) mass is 578 g/mol. The van der Waals surface area contributed by atoms with E-state index in [1.807, 2.05) is 18.2 Å². The van der Waals surface area contributed by atoms with Gasteiger partial charge in [0.2, 0.25) is 0 Å². The SMILES string of the molecule is COc1ccc(N2CCN(CCn3c(=NC(=O)C(F)(F)F)sc4cc(OC(F)(F)F)ccc43)CC2)cc1OC. The molecule has 0 bridgehead atoms. The summed E-state index contributed by atoms with van der Waals surface area (Å²) in [4.78, 5) is 18.8. The van der Waals surface area contributed by atoms with Crippen LogP contribution in [0.1, 0.15) is 0 Å². The average Bonchev–Trinajstić information content (AvgIpc) is 3.21. The molecule has 15 heteroatoms. The number of hydrogen-bond donors (Lipinski definition) is 0. The van der Waals surface area contributed by atoms with Crippen LogP contribution in [0.25, 0.3) is 10.2 Å².